The van der Waals surface area contributed by atoms with Crippen LogP contribution in [0.25, 0.3) is 6.08 Å². The van der Waals surface area contributed by atoms with Gasteiger partial charge < -0.3 is 14.2 Å². The van der Waals surface area contributed by atoms with Gasteiger partial charge in [0.15, 0.2) is 18.1 Å². The number of nitrogens with zero attached hydrogens (tertiary/aromatic N) is 1. The van der Waals surface area contributed by atoms with E-state index in [4.69, 9.17) is 14.2 Å². The van der Waals surface area contributed by atoms with Gasteiger partial charge in [-0.15, -0.1) is 0 Å². The zero-order valence-corrected chi connectivity index (χ0v) is 18.5. The van der Waals surface area contributed by atoms with Crippen LogP contribution in [0.5, 0.6) is 17.2 Å². The van der Waals surface area contributed by atoms with Gasteiger partial charge in [-0.1, -0.05) is 15.9 Å². The van der Waals surface area contributed by atoms with Crippen LogP contribution in [0.1, 0.15) is 5.56 Å². The summed E-state index contributed by atoms with van der Waals surface area (Å²) in [6.07, 6.45) is 2.10. The second-order valence-electron chi connectivity index (χ2n) is 4.97. The van der Waals surface area contributed by atoms with E-state index < -0.39 is 10.9 Å². The molecule has 142 valence electrons. The van der Waals surface area contributed by atoms with E-state index in [-0.39, 0.29) is 18.1 Å². The molecule has 0 heterocycles. The molecule has 2 aromatic carbocycles. The van der Waals surface area contributed by atoms with E-state index in [0.29, 0.717) is 20.3 Å². The normalized spacial score (nSPS) is 10.7. The SMILES string of the molecule is COc1cc(/C=C/[N+](=O)[O-])cc(Br)c1OC(=O)COc1ccc(Br)cc1Br. The van der Waals surface area contributed by atoms with Gasteiger partial charge in [-0.2, -0.15) is 0 Å². The van der Waals surface area contributed by atoms with Crippen LogP contribution >= 0.6 is 47.8 Å². The van der Waals surface area contributed by atoms with Crippen molar-refractivity contribution in [3.05, 3.63) is 65.6 Å². The first-order valence-electron chi connectivity index (χ1n) is 7.28. The predicted octanol–water partition coefficient (Wildman–Crippen LogP) is 5.21. The monoisotopic (exact) mass is 563 g/mol. The zero-order valence-electron chi connectivity index (χ0n) is 13.8. The lowest BCUT2D eigenvalue weighted by Crippen LogP contribution is -2.18. The Hall–Kier alpha value is -1.91. The molecule has 2 aromatic rings. The number of carbonyl (C=O) groups is 1. The smallest absolute Gasteiger partial charge is 0.349 e. The van der Waals surface area contributed by atoms with Gasteiger partial charge in [-0.25, -0.2) is 4.79 Å². The average molecular weight is 566 g/mol. The Morgan fingerprint density at radius 1 is 1.15 bits per heavy atom. The molecule has 0 fully saturated rings. The number of methoxy groups -OCH3 is 1. The zero-order chi connectivity index (χ0) is 20.0. The number of carbonyl (C=O) groups excluding carboxylic acids is 1. The number of nitro groups is 1. The Morgan fingerprint density at radius 2 is 1.89 bits per heavy atom. The molecule has 7 nitrogen and oxygen atoms in total. The minimum absolute atomic E-state index is 0.152. The number of halogens is 3. The van der Waals surface area contributed by atoms with Crippen LogP contribution < -0.4 is 14.2 Å². The lowest BCUT2D eigenvalue weighted by molar-refractivity contribution is -0.400. The van der Waals surface area contributed by atoms with Crippen LogP contribution in [0.2, 0.25) is 0 Å². The predicted molar refractivity (Wildman–Crippen MR) is 110 cm³/mol. The minimum atomic E-state index is -0.641. The minimum Gasteiger partial charge on any atom is -0.493 e. The highest BCUT2D eigenvalue weighted by molar-refractivity contribution is 9.11. The Kier molecular flexibility index (Phi) is 7.81. The van der Waals surface area contributed by atoms with E-state index in [1.165, 1.54) is 19.3 Å². The van der Waals surface area contributed by atoms with Crippen molar-refractivity contribution < 1.29 is 23.9 Å². The topological polar surface area (TPSA) is 87.9 Å². The summed E-state index contributed by atoms with van der Waals surface area (Å²) in [4.78, 5) is 22.0. The third kappa shape index (κ3) is 6.33. The molecule has 0 N–H and O–H groups in total. The molecule has 0 aliphatic carbocycles. The first-order valence-corrected chi connectivity index (χ1v) is 9.66. The quantitative estimate of drug-likeness (QED) is 0.198. The summed E-state index contributed by atoms with van der Waals surface area (Å²) in [7, 11) is 1.40. The largest absolute Gasteiger partial charge is 0.493 e. The summed E-state index contributed by atoms with van der Waals surface area (Å²) in [6, 6.07) is 8.35. The number of esters is 1. The highest BCUT2D eigenvalue weighted by Crippen LogP contribution is 2.37. The maximum Gasteiger partial charge on any atom is 0.349 e. The third-order valence-electron chi connectivity index (χ3n) is 3.10. The van der Waals surface area contributed by atoms with Gasteiger partial charge in [0.2, 0.25) is 6.20 Å². The molecule has 0 spiro atoms. The standard InChI is InChI=1S/C17H12Br3NO6/c1-25-15-7-10(4-5-21(23)24)6-13(20)17(15)27-16(22)9-26-14-3-2-11(18)8-12(14)19/h2-8H,9H2,1H3/b5-4+. The molecular formula is C17H12Br3NO6. The van der Waals surface area contributed by atoms with Crippen molar-refractivity contribution in [1.29, 1.82) is 0 Å². The van der Waals surface area contributed by atoms with Crippen LogP contribution in [0.15, 0.2) is 49.9 Å². The molecule has 10 heteroatoms. The second kappa shape index (κ2) is 9.86. The van der Waals surface area contributed by atoms with Crippen molar-refractivity contribution in [3.63, 3.8) is 0 Å². The summed E-state index contributed by atoms with van der Waals surface area (Å²) in [5.41, 5.74) is 0.505. The maximum atomic E-state index is 12.1. The van der Waals surface area contributed by atoms with E-state index in [2.05, 4.69) is 47.8 Å². The molecule has 0 aliphatic heterocycles. The number of hydrogen-bond donors (Lipinski definition) is 0. The van der Waals surface area contributed by atoms with Gasteiger partial charge in [0.05, 0.1) is 21.0 Å². The van der Waals surface area contributed by atoms with Crippen LogP contribution in [0, 0.1) is 10.1 Å². The highest BCUT2D eigenvalue weighted by atomic mass is 79.9. The molecule has 0 atom stereocenters. The molecule has 27 heavy (non-hydrogen) atoms. The van der Waals surface area contributed by atoms with Crippen molar-refractivity contribution in [2.75, 3.05) is 13.7 Å². The van der Waals surface area contributed by atoms with Crippen LogP contribution in [0.4, 0.5) is 0 Å². The summed E-state index contributed by atoms with van der Waals surface area (Å²) in [5, 5.41) is 10.4. The van der Waals surface area contributed by atoms with E-state index in [1.54, 1.807) is 24.3 Å². The first kappa shape index (κ1) is 21.4. The molecule has 0 amide bonds. The molecule has 0 saturated carbocycles. The Labute approximate surface area is 179 Å². The van der Waals surface area contributed by atoms with Gasteiger partial charge in [-0.05, 0) is 67.8 Å². The summed E-state index contributed by atoms with van der Waals surface area (Å²) in [5.74, 6) is 0.239. The lowest BCUT2D eigenvalue weighted by Gasteiger charge is -2.13. The van der Waals surface area contributed by atoms with Crippen LogP contribution in [-0.2, 0) is 4.79 Å². The Balaban J connectivity index is 2.11. The van der Waals surface area contributed by atoms with Crippen molar-refractivity contribution in [2.45, 2.75) is 0 Å². The van der Waals surface area contributed by atoms with Crippen molar-refractivity contribution in [3.8, 4) is 17.2 Å². The number of benzene rings is 2. The van der Waals surface area contributed by atoms with E-state index >= 15 is 0 Å². The number of hydrogen-bond acceptors (Lipinski definition) is 6. The highest BCUT2D eigenvalue weighted by Gasteiger charge is 2.16. The Morgan fingerprint density at radius 3 is 2.52 bits per heavy atom. The van der Waals surface area contributed by atoms with Crippen molar-refractivity contribution in [2.24, 2.45) is 0 Å². The van der Waals surface area contributed by atoms with Gasteiger partial charge in [0.25, 0.3) is 0 Å². The second-order valence-corrected chi connectivity index (χ2v) is 7.60. The van der Waals surface area contributed by atoms with Gasteiger partial charge in [-0.3, -0.25) is 10.1 Å². The summed E-state index contributed by atoms with van der Waals surface area (Å²) < 4.78 is 17.9. The molecular weight excluding hydrogens is 554 g/mol. The van der Waals surface area contributed by atoms with Crippen LogP contribution in [-0.4, -0.2) is 24.6 Å². The molecule has 0 bridgehead atoms. The summed E-state index contributed by atoms with van der Waals surface area (Å²) in [6.45, 7) is -0.321. The fourth-order valence-corrected chi connectivity index (χ4v) is 3.66. The number of ether oxygens (including phenoxy) is 3. The Bertz CT molecular complexity index is 900. The van der Waals surface area contributed by atoms with E-state index in [0.717, 1.165) is 10.7 Å². The maximum absolute atomic E-state index is 12.1. The molecule has 2 rings (SSSR count). The fraction of sp³-hybridized carbons (Fsp3) is 0.118. The lowest BCUT2D eigenvalue weighted by atomic mass is 10.2. The third-order valence-corrected chi connectivity index (χ3v) is 4.80. The molecule has 0 saturated heterocycles. The van der Waals surface area contributed by atoms with Crippen LogP contribution in [0.3, 0.4) is 0 Å². The van der Waals surface area contributed by atoms with Crippen molar-refractivity contribution in [1.82, 2.24) is 0 Å². The summed E-state index contributed by atoms with van der Waals surface area (Å²) >= 11 is 9.95. The fourth-order valence-electron chi connectivity index (χ4n) is 1.95. The van der Waals surface area contributed by atoms with E-state index in [9.17, 15) is 14.9 Å². The average Bonchev–Trinajstić information content (AvgIpc) is 2.61. The molecule has 0 radical (unpaired) electrons. The molecule has 0 unspecified atom stereocenters. The van der Waals surface area contributed by atoms with Crippen molar-refractivity contribution >= 4 is 59.8 Å². The molecule has 0 aliphatic rings. The molecule has 0 aromatic heterocycles. The van der Waals surface area contributed by atoms with Gasteiger partial charge in [0.1, 0.15) is 5.75 Å². The number of rotatable bonds is 7. The van der Waals surface area contributed by atoms with Gasteiger partial charge >= 0.3 is 5.97 Å². The van der Waals surface area contributed by atoms with E-state index in [1.807, 2.05) is 0 Å². The van der Waals surface area contributed by atoms with Gasteiger partial charge in [0, 0.05) is 10.5 Å². The first-order chi connectivity index (χ1) is 12.8.